The van der Waals surface area contributed by atoms with Crippen LogP contribution in [0.5, 0.6) is 11.5 Å². The molecular formula is C40H35FN4O4S. The largest absolute Gasteiger partial charge is 0.489 e. The van der Waals surface area contributed by atoms with Gasteiger partial charge in [-0.1, -0.05) is 78.9 Å². The Hall–Kier alpha value is -5.58. The van der Waals surface area contributed by atoms with E-state index in [0.29, 0.717) is 49.0 Å². The number of anilines is 1. The molecule has 0 radical (unpaired) electrons. The minimum absolute atomic E-state index is 0.000356. The molecule has 1 aliphatic rings. The summed E-state index contributed by atoms with van der Waals surface area (Å²) in [6, 6.07) is 37.3. The van der Waals surface area contributed by atoms with Crippen LogP contribution in [0.3, 0.4) is 0 Å². The molecule has 0 spiro atoms. The lowest BCUT2D eigenvalue weighted by atomic mass is 9.95. The first-order valence-electron chi connectivity index (χ1n) is 16.5. The third-order valence-electron chi connectivity index (χ3n) is 8.59. The third kappa shape index (κ3) is 7.83. The van der Waals surface area contributed by atoms with Crippen LogP contribution in [0.15, 0.2) is 128 Å². The summed E-state index contributed by atoms with van der Waals surface area (Å²) in [5.41, 5.74) is 3.43. The van der Waals surface area contributed by atoms with Gasteiger partial charge in [-0.15, -0.1) is 0 Å². The van der Waals surface area contributed by atoms with E-state index in [0.717, 1.165) is 27.6 Å². The van der Waals surface area contributed by atoms with Crippen LogP contribution in [0.25, 0.3) is 10.8 Å². The number of para-hydroxylation sites is 1. The number of hydrogen-bond acceptors (Lipinski definition) is 7. The fraction of sp³-hybridized carbons (Fsp3) is 0.175. The summed E-state index contributed by atoms with van der Waals surface area (Å²) >= 11 is 5.42. The molecular weight excluding hydrogens is 652 g/mol. The number of rotatable bonds is 11. The Labute approximate surface area is 294 Å². The van der Waals surface area contributed by atoms with Crippen LogP contribution in [0, 0.1) is 5.82 Å². The van der Waals surface area contributed by atoms with Crippen molar-refractivity contribution < 1.29 is 23.4 Å². The van der Waals surface area contributed by atoms with Crippen LogP contribution in [0.4, 0.5) is 10.1 Å². The SMILES string of the molecule is O=C(CNCc1cnc2n1C(c1cccc(F)c1)CCC2OC(=S)Oc1ccccc1)Nc1cccc2ccc(OCc3ccccc3)cc12. The molecule has 0 saturated heterocycles. The summed E-state index contributed by atoms with van der Waals surface area (Å²) in [4.78, 5) is 17.9. The molecule has 0 aliphatic carbocycles. The summed E-state index contributed by atoms with van der Waals surface area (Å²) in [5, 5.41) is 8.18. The standard InChI is InChI=1S/C40H35FN4O4S/c41-30-13-7-12-29(21-30)36-19-20-37(49-40(50)48-32-14-5-2-6-15-32)39-43-24-31(45(36)39)23-42-25-38(46)44-35-16-8-11-28-17-18-33(22-34(28)35)47-26-27-9-3-1-4-10-27/h1-18,21-22,24,36-37,42H,19-20,23,25-26H2,(H,44,46). The molecule has 1 aliphatic heterocycles. The van der Waals surface area contributed by atoms with Gasteiger partial charge in [0.05, 0.1) is 18.3 Å². The topological polar surface area (TPSA) is 86.6 Å². The van der Waals surface area contributed by atoms with Crippen molar-refractivity contribution in [3.8, 4) is 11.5 Å². The lowest BCUT2D eigenvalue weighted by Crippen LogP contribution is -2.31. The smallest absolute Gasteiger partial charge is 0.358 e. The average molecular weight is 687 g/mol. The van der Waals surface area contributed by atoms with Gasteiger partial charge in [-0.05, 0) is 71.8 Å². The van der Waals surface area contributed by atoms with Gasteiger partial charge in [0.1, 0.15) is 23.9 Å². The molecule has 7 rings (SSSR count). The van der Waals surface area contributed by atoms with E-state index in [1.54, 1.807) is 30.5 Å². The van der Waals surface area contributed by atoms with E-state index in [4.69, 9.17) is 31.4 Å². The second kappa shape index (κ2) is 15.3. The number of aromatic nitrogens is 2. The number of nitrogens with zero attached hydrogens (tertiary/aromatic N) is 2. The molecule has 2 unspecified atom stereocenters. The maximum atomic E-state index is 14.3. The molecule has 0 fully saturated rings. The number of benzene rings is 5. The van der Waals surface area contributed by atoms with Crippen molar-refractivity contribution >= 4 is 39.8 Å². The quantitative estimate of drug-likeness (QED) is 0.133. The normalized spacial score (nSPS) is 15.2. The zero-order valence-electron chi connectivity index (χ0n) is 27.1. The number of amides is 1. The minimum atomic E-state index is -0.457. The van der Waals surface area contributed by atoms with Crippen LogP contribution in [0.2, 0.25) is 0 Å². The van der Waals surface area contributed by atoms with Crippen molar-refractivity contribution in [1.82, 2.24) is 14.9 Å². The Morgan fingerprint density at radius 2 is 1.68 bits per heavy atom. The number of ether oxygens (including phenoxy) is 3. The maximum absolute atomic E-state index is 14.3. The van der Waals surface area contributed by atoms with Gasteiger partial charge in [0.15, 0.2) is 11.9 Å². The fourth-order valence-electron chi connectivity index (χ4n) is 6.26. The predicted molar refractivity (Wildman–Crippen MR) is 195 cm³/mol. The number of imidazole rings is 1. The summed E-state index contributed by atoms with van der Waals surface area (Å²) in [5.74, 6) is 1.45. The number of hydrogen-bond donors (Lipinski definition) is 2. The number of carbonyl (C=O) groups excluding carboxylic acids is 1. The second-order valence-corrected chi connectivity index (χ2v) is 12.3. The maximum Gasteiger partial charge on any atom is 0.358 e. The first-order chi connectivity index (χ1) is 24.5. The number of thiocarbonyl (C=S) groups is 1. The average Bonchev–Trinajstić information content (AvgIpc) is 3.56. The molecule has 0 bridgehead atoms. The summed E-state index contributed by atoms with van der Waals surface area (Å²) in [7, 11) is 0. The first kappa shape index (κ1) is 32.9. The van der Waals surface area contributed by atoms with E-state index in [1.165, 1.54) is 6.07 Å². The predicted octanol–water partition coefficient (Wildman–Crippen LogP) is 8.29. The molecule has 2 atom stereocenters. The Morgan fingerprint density at radius 1 is 0.880 bits per heavy atom. The molecule has 6 aromatic rings. The molecule has 10 heteroatoms. The van der Waals surface area contributed by atoms with Crippen molar-refractivity contribution in [2.45, 2.75) is 38.1 Å². The number of carbonyl (C=O) groups is 1. The second-order valence-electron chi connectivity index (χ2n) is 12.0. The fourth-order valence-corrected chi connectivity index (χ4v) is 6.48. The zero-order chi connectivity index (χ0) is 34.3. The molecule has 0 saturated carbocycles. The highest BCUT2D eigenvalue weighted by Gasteiger charge is 2.33. The van der Waals surface area contributed by atoms with E-state index in [2.05, 4.69) is 15.2 Å². The van der Waals surface area contributed by atoms with Crippen molar-refractivity contribution in [2.75, 3.05) is 11.9 Å². The van der Waals surface area contributed by atoms with E-state index < -0.39 is 6.10 Å². The van der Waals surface area contributed by atoms with Gasteiger partial charge in [0.25, 0.3) is 0 Å². The Morgan fingerprint density at radius 3 is 2.50 bits per heavy atom. The third-order valence-corrected chi connectivity index (χ3v) is 8.77. The van der Waals surface area contributed by atoms with Gasteiger partial charge < -0.3 is 29.4 Å². The summed E-state index contributed by atoms with van der Waals surface area (Å²) < 4.78 is 34.2. The van der Waals surface area contributed by atoms with Crippen molar-refractivity contribution in [3.63, 3.8) is 0 Å². The number of nitrogens with one attached hydrogen (secondary N) is 2. The van der Waals surface area contributed by atoms with E-state index >= 15 is 0 Å². The molecule has 8 nitrogen and oxygen atoms in total. The van der Waals surface area contributed by atoms with Gasteiger partial charge in [-0.3, -0.25) is 4.79 Å². The van der Waals surface area contributed by atoms with E-state index in [-0.39, 0.29) is 29.5 Å². The highest BCUT2D eigenvalue weighted by molar-refractivity contribution is 7.79. The van der Waals surface area contributed by atoms with Crippen molar-refractivity contribution in [3.05, 3.63) is 156 Å². The van der Waals surface area contributed by atoms with E-state index in [9.17, 15) is 9.18 Å². The van der Waals surface area contributed by atoms with Crippen LogP contribution in [0.1, 0.15) is 47.6 Å². The Balaban J connectivity index is 1.03. The lowest BCUT2D eigenvalue weighted by Gasteiger charge is -2.32. The van der Waals surface area contributed by atoms with Crippen molar-refractivity contribution in [1.29, 1.82) is 0 Å². The van der Waals surface area contributed by atoms with Gasteiger partial charge in [0.2, 0.25) is 5.91 Å². The molecule has 2 heterocycles. The van der Waals surface area contributed by atoms with Gasteiger partial charge in [-0.2, -0.15) is 0 Å². The van der Waals surface area contributed by atoms with Gasteiger partial charge >= 0.3 is 5.24 Å². The van der Waals surface area contributed by atoms with Crippen LogP contribution < -0.4 is 20.1 Å². The lowest BCUT2D eigenvalue weighted by molar-refractivity contribution is -0.115. The molecule has 1 amide bonds. The molecule has 5 aromatic carbocycles. The van der Waals surface area contributed by atoms with Crippen molar-refractivity contribution in [2.24, 2.45) is 0 Å². The van der Waals surface area contributed by atoms with Gasteiger partial charge in [0, 0.05) is 36.0 Å². The van der Waals surface area contributed by atoms with Crippen LogP contribution >= 0.6 is 12.2 Å². The molecule has 50 heavy (non-hydrogen) atoms. The highest BCUT2D eigenvalue weighted by atomic mass is 32.1. The van der Waals surface area contributed by atoms with Crippen LogP contribution in [-0.4, -0.2) is 27.2 Å². The monoisotopic (exact) mass is 686 g/mol. The summed E-state index contributed by atoms with van der Waals surface area (Å²) in [6.07, 6.45) is 2.57. The first-order valence-corrected chi connectivity index (χ1v) is 16.9. The Bertz CT molecular complexity index is 2110. The Kier molecular flexibility index (Phi) is 10.1. The van der Waals surface area contributed by atoms with E-state index in [1.807, 2.05) is 91.0 Å². The van der Waals surface area contributed by atoms with Gasteiger partial charge in [-0.25, -0.2) is 9.37 Å². The summed E-state index contributed by atoms with van der Waals surface area (Å²) in [6.45, 7) is 0.849. The zero-order valence-corrected chi connectivity index (χ0v) is 27.9. The number of halogens is 1. The molecule has 252 valence electrons. The number of fused-ring (bicyclic) bond motifs is 2. The minimum Gasteiger partial charge on any atom is -0.489 e. The molecule has 1 aromatic heterocycles. The highest BCUT2D eigenvalue weighted by Crippen LogP contribution is 2.39. The molecule has 2 N–H and O–H groups in total. The van der Waals surface area contributed by atoms with Crippen LogP contribution in [-0.2, 0) is 22.7 Å².